The molecule has 26 heavy (non-hydrogen) atoms. The number of primary amides is 1. The van der Waals surface area contributed by atoms with Gasteiger partial charge in [0, 0.05) is 22.7 Å². The predicted molar refractivity (Wildman–Crippen MR) is 104 cm³/mol. The van der Waals surface area contributed by atoms with Gasteiger partial charge in [-0.05, 0) is 79.5 Å². The van der Waals surface area contributed by atoms with Gasteiger partial charge in [-0.15, -0.1) is 0 Å². The Morgan fingerprint density at radius 2 is 1.58 bits per heavy atom. The van der Waals surface area contributed by atoms with Crippen LogP contribution in [0.2, 0.25) is 5.02 Å². The SMILES string of the molecule is NC(=O)c1ccc([C@H]2CC[C@H](CC(=O)Nc3ccc(Cl)cc3)CC2)cc1. The Hall–Kier alpha value is -2.33. The number of carbonyl (C=O) groups is 2. The Labute approximate surface area is 158 Å². The lowest BCUT2D eigenvalue weighted by atomic mass is 9.77. The second-order valence-electron chi connectivity index (χ2n) is 6.96. The van der Waals surface area contributed by atoms with Crippen LogP contribution in [0.5, 0.6) is 0 Å². The zero-order valence-electron chi connectivity index (χ0n) is 14.6. The van der Waals surface area contributed by atoms with Crippen LogP contribution in [-0.2, 0) is 4.79 Å². The first-order valence-corrected chi connectivity index (χ1v) is 9.34. The molecule has 0 spiro atoms. The Balaban J connectivity index is 1.48. The van der Waals surface area contributed by atoms with Crippen molar-refractivity contribution in [3.05, 3.63) is 64.7 Å². The number of nitrogens with one attached hydrogen (secondary N) is 1. The Morgan fingerprint density at radius 3 is 2.15 bits per heavy atom. The van der Waals surface area contributed by atoms with Crippen molar-refractivity contribution in [1.29, 1.82) is 0 Å². The van der Waals surface area contributed by atoms with Crippen molar-refractivity contribution in [3.8, 4) is 0 Å². The predicted octanol–water partition coefficient (Wildman–Crippen LogP) is 4.74. The summed E-state index contributed by atoms with van der Waals surface area (Å²) in [6.45, 7) is 0. The molecular weight excluding hydrogens is 348 g/mol. The smallest absolute Gasteiger partial charge is 0.248 e. The van der Waals surface area contributed by atoms with Crippen molar-refractivity contribution in [3.63, 3.8) is 0 Å². The first-order valence-electron chi connectivity index (χ1n) is 8.96. The summed E-state index contributed by atoms with van der Waals surface area (Å²) < 4.78 is 0. The van der Waals surface area contributed by atoms with Gasteiger partial charge in [0.1, 0.15) is 0 Å². The molecule has 136 valence electrons. The van der Waals surface area contributed by atoms with E-state index in [1.807, 2.05) is 24.3 Å². The fourth-order valence-corrected chi connectivity index (χ4v) is 3.75. The molecule has 0 atom stereocenters. The summed E-state index contributed by atoms with van der Waals surface area (Å²) in [7, 11) is 0. The van der Waals surface area contributed by atoms with Gasteiger partial charge in [-0.2, -0.15) is 0 Å². The Morgan fingerprint density at radius 1 is 0.962 bits per heavy atom. The molecule has 1 saturated carbocycles. The minimum Gasteiger partial charge on any atom is -0.366 e. The van der Waals surface area contributed by atoms with Crippen molar-refractivity contribution in [2.24, 2.45) is 11.7 Å². The average molecular weight is 371 g/mol. The second-order valence-corrected chi connectivity index (χ2v) is 7.40. The van der Waals surface area contributed by atoms with Gasteiger partial charge < -0.3 is 11.1 Å². The second kappa shape index (κ2) is 8.37. The third-order valence-electron chi connectivity index (χ3n) is 5.12. The summed E-state index contributed by atoms with van der Waals surface area (Å²) >= 11 is 5.86. The molecule has 2 aromatic carbocycles. The standard InChI is InChI=1S/C21H23ClN2O2/c22-18-9-11-19(12-10-18)24-20(25)13-14-1-3-15(4-2-14)16-5-7-17(8-6-16)21(23)26/h5-12,14-15H,1-4,13H2,(H2,23,26)(H,24,25)/t14-,15-. The lowest BCUT2D eigenvalue weighted by Crippen LogP contribution is -2.20. The molecule has 2 amide bonds. The first-order chi connectivity index (χ1) is 12.5. The maximum absolute atomic E-state index is 12.2. The van der Waals surface area contributed by atoms with E-state index in [1.165, 1.54) is 5.56 Å². The van der Waals surface area contributed by atoms with E-state index in [1.54, 1.807) is 24.3 Å². The number of hydrogen-bond acceptors (Lipinski definition) is 2. The van der Waals surface area contributed by atoms with E-state index in [-0.39, 0.29) is 5.91 Å². The summed E-state index contributed by atoms with van der Waals surface area (Å²) in [5.74, 6) is 0.574. The van der Waals surface area contributed by atoms with Crippen LogP contribution in [0.25, 0.3) is 0 Å². The fraction of sp³-hybridized carbons (Fsp3) is 0.333. The van der Waals surface area contributed by atoms with Crippen molar-refractivity contribution < 1.29 is 9.59 Å². The normalized spacial score (nSPS) is 19.7. The zero-order chi connectivity index (χ0) is 18.5. The van der Waals surface area contributed by atoms with Crippen LogP contribution in [0.1, 0.15) is 53.9 Å². The van der Waals surface area contributed by atoms with E-state index in [0.717, 1.165) is 31.4 Å². The largest absolute Gasteiger partial charge is 0.366 e. The minimum absolute atomic E-state index is 0.0570. The molecule has 0 radical (unpaired) electrons. The van der Waals surface area contributed by atoms with Crippen LogP contribution in [0, 0.1) is 5.92 Å². The van der Waals surface area contributed by atoms with Gasteiger partial charge in [0.2, 0.25) is 11.8 Å². The number of halogens is 1. The Bertz CT molecular complexity index is 764. The van der Waals surface area contributed by atoms with Crippen LogP contribution in [0.15, 0.2) is 48.5 Å². The van der Waals surface area contributed by atoms with Crippen molar-refractivity contribution in [2.75, 3.05) is 5.32 Å². The third kappa shape index (κ3) is 4.85. The highest BCUT2D eigenvalue weighted by Crippen LogP contribution is 2.37. The molecular formula is C21H23ClN2O2. The first kappa shape index (κ1) is 18.5. The van der Waals surface area contributed by atoms with E-state index in [4.69, 9.17) is 17.3 Å². The molecule has 0 aromatic heterocycles. The Kier molecular flexibility index (Phi) is 5.94. The van der Waals surface area contributed by atoms with Crippen LogP contribution in [0.4, 0.5) is 5.69 Å². The van der Waals surface area contributed by atoms with Crippen LogP contribution in [0.3, 0.4) is 0 Å². The zero-order valence-corrected chi connectivity index (χ0v) is 15.3. The van der Waals surface area contributed by atoms with Gasteiger partial charge in [-0.1, -0.05) is 23.7 Å². The topological polar surface area (TPSA) is 72.2 Å². The van der Waals surface area contributed by atoms with E-state index in [9.17, 15) is 9.59 Å². The molecule has 2 aromatic rings. The summed E-state index contributed by atoms with van der Waals surface area (Å²) in [5, 5.41) is 3.59. The molecule has 3 N–H and O–H groups in total. The van der Waals surface area contributed by atoms with Crippen LogP contribution in [-0.4, -0.2) is 11.8 Å². The number of hydrogen-bond donors (Lipinski definition) is 2. The number of anilines is 1. The van der Waals surface area contributed by atoms with Gasteiger partial charge >= 0.3 is 0 Å². The van der Waals surface area contributed by atoms with Crippen LogP contribution >= 0.6 is 11.6 Å². The summed E-state index contributed by atoms with van der Waals surface area (Å²) in [5.41, 5.74) is 7.86. The highest BCUT2D eigenvalue weighted by molar-refractivity contribution is 6.30. The number of carbonyl (C=O) groups excluding carboxylic acids is 2. The molecule has 0 aliphatic heterocycles. The molecule has 0 unspecified atom stereocenters. The van der Waals surface area contributed by atoms with E-state index >= 15 is 0 Å². The molecule has 4 nitrogen and oxygen atoms in total. The number of amides is 2. The number of nitrogens with two attached hydrogens (primary N) is 1. The van der Waals surface area contributed by atoms with Crippen molar-refractivity contribution >= 4 is 29.1 Å². The molecule has 1 fully saturated rings. The van der Waals surface area contributed by atoms with E-state index in [0.29, 0.717) is 28.8 Å². The minimum atomic E-state index is -0.396. The van der Waals surface area contributed by atoms with Gasteiger partial charge in [0.15, 0.2) is 0 Å². The van der Waals surface area contributed by atoms with Crippen LogP contribution < -0.4 is 11.1 Å². The molecule has 5 heteroatoms. The van der Waals surface area contributed by atoms with Gasteiger partial charge in [-0.25, -0.2) is 0 Å². The van der Waals surface area contributed by atoms with Gasteiger partial charge in [-0.3, -0.25) is 9.59 Å². The average Bonchev–Trinajstić information content (AvgIpc) is 2.64. The quantitative estimate of drug-likeness (QED) is 0.797. The lowest BCUT2D eigenvalue weighted by Gasteiger charge is -2.28. The molecule has 0 saturated heterocycles. The van der Waals surface area contributed by atoms with Gasteiger partial charge in [0.05, 0.1) is 0 Å². The highest BCUT2D eigenvalue weighted by atomic mass is 35.5. The summed E-state index contributed by atoms with van der Waals surface area (Å²) in [6, 6.07) is 14.8. The molecule has 1 aliphatic carbocycles. The maximum Gasteiger partial charge on any atom is 0.248 e. The van der Waals surface area contributed by atoms with E-state index in [2.05, 4.69) is 5.32 Å². The molecule has 1 aliphatic rings. The lowest BCUT2D eigenvalue weighted by molar-refractivity contribution is -0.117. The monoisotopic (exact) mass is 370 g/mol. The molecule has 3 rings (SSSR count). The van der Waals surface area contributed by atoms with Crippen molar-refractivity contribution in [1.82, 2.24) is 0 Å². The summed E-state index contributed by atoms with van der Waals surface area (Å²) in [4.78, 5) is 23.4. The van der Waals surface area contributed by atoms with E-state index < -0.39 is 5.91 Å². The molecule has 0 bridgehead atoms. The molecule has 0 heterocycles. The van der Waals surface area contributed by atoms with Crippen molar-refractivity contribution in [2.45, 2.75) is 38.0 Å². The number of benzene rings is 2. The third-order valence-corrected chi connectivity index (χ3v) is 5.37. The van der Waals surface area contributed by atoms with Gasteiger partial charge in [0.25, 0.3) is 0 Å². The fourth-order valence-electron chi connectivity index (χ4n) is 3.63. The highest BCUT2D eigenvalue weighted by Gasteiger charge is 2.24. The number of rotatable bonds is 5. The maximum atomic E-state index is 12.2. The summed E-state index contributed by atoms with van der Waals surface area (Å²) in [6.07, 6.45) is 4.76.